The molecule has 0 unspecified atom stereocenters. The lowest BCUT2D eigenvalue weighted by Crippen LogP contribution is -2.18. The predicted octanol–water partition coefficient (Wildman–Crippen LogP) is 2.00. The molecule has 76 valence electrons. The largest absolute Gasteiger partial charge is 0.434 e. The lowest BCUT2D eigenvalue weighted by molar-refractivity contribution is -0.140. The molecule has 2 nitrogen and oxygen atoms in total. The average Bonchev–Trinajstić information content (AvgIpc) is 2.51. The van der Waals surface area contributed by atoms with Gasteiger partial charge in [-0.25, -0.2) is 4.98 Å². The molecule has 1 heterocycles. The Balaban J connectivity index is 3.08. The van der Waals surface area contributed by atoms with Crippen LogP contribution in [-0.2, 0) is 11.8 Å². The SMILES string of the molecule is C#C[C@@](C)(O)c1nc(C(F)(F)F)cs1. The molecule has 0 aliphatic heterocycles. The van der Waals surface area contributed by atoms with E-state index in [0.29, 0.717) is 11.3 Å². The molecule has 1 atom stereocenters. The molecule has 0 spiro atoms. The maximum absolute atomic E-state index is 12.1. The van der Waals surface area contributed by atoms with Gasteiger partial charge in [0.1, 0.15) is 5.01 Å². The number of hydrogen-bond donors (Lipinski definition) is 1. The molecule has 0 saturated carbocycles. The van der Waals surface area contributed by atoms with Gasteiger partial charge in [0.05, 0.1) is 0 Å². The van der Waals surface area contributed by atoms with Crippen molar-refractivity contribution in [3.63, 3.8) is 0 Å². The van der Waals surface area contributed by atoms with Gasteiger partial charge in [-0.3, -0.25) is 0 Å². The summed E-state index contributed by atoms with van der Waals surface area (Å²) in [4.78, 5) is 3.23. The Morgan fingerprint density at radius 1 is 1.57 bits per heavy atom. The molecule has 0 aromatic carbocycles. The van der Waals surface area contributed by atoms with Crippen LogP contribution in [0.1, 0.15) is 17.6 Å². The molecule has 1 aromatic heterocycles. The zero-order valence-electron chi connectivity index (χ0n) is 7.09. The van der Waals surface area contributed by atoms with Crippen LogP contribution in [0, 0.1) is 12.3 Å². The molecular weight excluding hydrogens is 215 g/mol. The van der Waals surface area contributed by atoms with Crippen LogP contribution < -0.4 is 0 Å². The third kappa shape index (κ3) is 2.05. The van der Waals surface area contributed by atoms with Gasteiger partial charge in [0, 0.05) is 5.38 Å². The third-order valence-electron chi connectivity index (χ3n) is 1.49. The Morgan fingerprint density at radius 3 is 2.50 bits per heavy atom. The van der Waals surface area contributed by atoms with Gasteiger partial charge in [0.25, 0.3) is 0 Å². The van der Waals surface area contributed by atoms with Crippen LogP contribution in [0.5, 0.6) is 0 Å². The summed E-state index contributed by atoms with van der Waals surface area (Å²) in [5.74, 6) is 1.96. The van der Waals surface area contributed by atoms with E-state index in [4.69, 9.17) is 6.42 Å². The van der Waals surface area contributed by atoms with E-state index in [9.17, 15) is 18.3 Å². The number of nitrogens with zero attached hydrogens (tertiary/aromatic N) is 1. The van der Waals surface area contributed by atoms with Crippen LogP contribution >= 0.6 is 11.3 Å². The molecule has 0 amide bonds. The summed E-state index contributed by atoms with van der Waals surface area (Å²) >= 11 is 0.684. The molecular formula is C8H6F3NOS. The maximum Gasteiger partial charge on any atom is 0.434 e. The van der Waals surface area contributed by atoms with Crippen molar-refractivity contribution in [3.05, 3.63) is 16.1 Å². The zero-order valence-corrected chi connectivity index (χ0v) is 7.91. The predicted molar refractivity (Wildman–Crippen MR) is 45.5 cm³/mol. The number of aromatic nitrogens is 1. The van der Waals surface area contributed by atoms with Gasteiger partial charge in [0.2, 0.25) is 0 Å². The van der Waals surface area contributed by atoms with Crippen molar-refractivity contribution < 1.29 is 18.3 Å². The van der Waals surface area contributed by atoms with Crippen molar-refractivity contribution in [1.29, 1.82) is 0 Å². The van der Waals surface area contributed by atoms with Gasteiger partial charge in [-0.1, -0.05) is 5.92 Å². The lowest BCUT2D eigenvalue weighted by atomic mass is 10.1. The van der Waals surface area contributed by atoms with Gasteiger partial charge in [-0.05, 0) is 6.92 Å². The van der Waals surface area contributed by atoms with Crippen molar-refractivity contribution in [2.45, 2.75) is 18.7 Å². The maximum atomic E-state index is 12.1. The van der Waals surface area contributed by atoms with E-state index < -0.39 is 17.5 Å². The van der Waals surface area contributed by atoms with Gasteiger partial charge in [-0.15, -0.1) is 17.8 Å². The van der Waals surface area contributed by atoms with Gasteiger partial charge in [-0.2, -0.15) is 13.2 Å². The van der Waals surface area contributed by atoms with Crippen LogP contribution in [0.15, 0.2) is 5.38 Å². The van der Waals surface area contributed by atoms with Crippen LogP contribution in [0.25, 0.3) is 0 Å². The lowest BCUT2D eigenvalue weighted by Gasteiger charge is -2.11. The monoisotopic (exact) mass is 221 g/mol. The summed E-state index contributed by atoms with van der Waals surface area (Å²) in [6.07, 6.45) is 0.441. The minimum atomic E-state index is -4.50. The van der Waals surface area contributed by atoms with E-state index in [1.54, 1.807) is 0 Å². The summed E-state index contributed by atoms with van der Waals surface area (Å²) in [7, 11) is 0. The molecule has 6 heteroatoms. The smallest absolute Gasteiger partial charge is 0.371 e. The number of aliphatic hydroxyl groups is 1. The normalized spacial score (nSPS) is 16.0. The molecule has 1 rings (SSSR count). The highest BCUT2D eigenvalue weighted by Crippen LogP contribution is 2.32. The molecule has 14 heavy (non-hydrogen) atoms. The highest BCUT2D eigenvalue weighted by atomic mass is 32.1. The van der Waals surface area contributed by atoms with Gasteiger partial charge < -0.3 is 5.11 Å². The number of thiazole rings is 1. The van der Waals surface area contributed by atoms with E-state index in [1.807, 2.05) is 5.92 Å². The molecule has 0 radical (unpaired) electrons. The van der Waals surface area contributed by atoms with Gasteiger partial charge in [0.15, 0.2) is 11.3 Å². The third-order valence-corrected chi connectivity index (χ3v) is 2.55. The molecule has 0 fully saturated rings. The fourth-order valence-electron chi connectivity index (χ4n) is 0.689. The first-order chi connectivity index (χ1) is 6.27. The topological polar surface area (TPSA) is 33.1 Å². The Kier molecular flexibility index (Phi) is 2.56. The van der Waals surface area contributed by atoms with Crippen LogP contribution in [0.2, 0.25) is 0 Å². The minimum absolute atomic E-state index is 0.132. The second kappa shape index (κ2) is 3.26. The van der Waals surface area contributed by atoms with Crippen molar-refractivity contribution in [3.8, 4) is 12.3 Å². The second-order valence-corrected chi connectivity index (χ2v) is 3.61. The molecule has 0 bridgehead atoms. The summed E-state index contributed by atoms with van der Waals surface area (Å²) in [6.45, 7) is 1.21. The Bertz CT molecular complexity index is 375. The van der Waals surface area contributed by atoms with E-state index in [-0.39, 0.29) is 5.01 Å². The van der Waals surface area contributed by atoms with Crippen LogP contribution in [-0.4, -0.2) is 10.1 Å². The average molecular weight is 221 g/mol. The van der Waals surface area contributed by atoms with Crippen molar-refractivity contribution in [2.75, 3.05) is 0 Å². The zero-order chi connectivity index (χ0) is 11.0. The Labute approximate surface area is 82.4 Å². The first-order valence-electron chi connectivity index (χ1n) is 3.50. The van der Waals surface area contributed by atoms with Gasteiger partial charge >= 0.3 is 6.18 Å². The van der Waals surface area contributed by atoms with Crippen LogP contribution in [0.4, 0.5) is 13.2 Å². The quantitative estimate of drug-likeness (QED) is 0.736. The van der Waals surface area contributed by atoms with E-state index in [1.165, 1.54) is 6.92 Å². The Hall–Kier alpha value is -1.06. The van der Waals surface area contributed by atoms with Crippen molar-refractivity contribution in [2.24, 2.45) is 0 Å². The molecule has 0 saturated heterocycles. The molecule has 1 aromatic rings. The molecule has 0 aliphatic carbocycles. The number of halogens is 3. The number of rotatable bonds is 1. The van der Waals surface area contributed by atoms with E-state index in [0.717, 1.165) is 5.38 Å². The highest BCUT2D eigenvalue weighted by Gasteiger charge is 2.36. The van der Waals surface area contributed by atoms with Crippen LogP contribution in [0.3, 0.4) is 0 Å². The summed E-state index contributed by atoms with van der Waals surface area (Å²) in [5, 5.41) is 10.1. The minimum Gasteiger partial charge on any atom is -0.371 e. The van der Waals surface area contributed by atoms with E-state index >= 15 is 0 Å². The standard InChI is InChI=1S/C8H6F3NOS/c1-3-7(2,13)6-12-5(4-14-6)8(9,10)11/h1,4,13H,2H3/t7-/m1/s1. The first kappa shape index (κ1) is 11.0. The number of alkyl halides is 3. The highest BCUT2D eigenvalue weighted by molar-refractivity contribution is 7.09. The summed E-state index contributed by atoms with van der Waals surface area (Å²) in [6, 6.07) is 0. The summed E-state index contributed by atoms with van der Waals surface area (Å²) in [5.41, 5.74) is -2.78. The summed E-state index contributed by atoms with van der Waals surface area (Å²) < 4.78 is 36.3. The molecule has 1 N–H and O–H groups in total. The first-order valence-corrected chi connectivity index (χ1v) is 4.38. The van der Waals surface area contributed by atoms with E-state index in [2.05, 4.69) is 4.98 Å². The number of terminal acetylenes is 1. The number of hydrogen-bond acceptors (Lipinski definition) is 3. The fraction of sp³-hybridized carbons (Fsp3) is 0.375. The van der Waals surface area contributed by atoms with Crippen molar-refractivity contribution >= 4 is 11.3 Å². The fourth-order valence-corrected chi connectivity index (χ4v) is 1.54. The molecule has 0 aliphatic rings. The Morgan fingerprint density at radius 2 is 2.14 bits per heavy atom. The van der Waals surface area contributed by atoms with Crippen molar-refractivity contribution in [1.82, 2.24) is 4.98 Å². The second-order valence-electron chi connectivity index (χ2n) is 2.75.